The van der Waals surface area contributed by atoms with Gasteiger partial charge in [0.1, 0.15) is 5.75 Å². The molecule has 2 aromatic rings. The van der Waals surface area contributed by atoms with Gasteiger partial charge in [0.2, 0.25) is 0 Å². The monoisotopic (exact) mass is 314 g/mol. The first-order valence-corrected chi connectivity index (χ1v) is 7.92. The zero-order chi connectivity index (χ0) is 16.1. The summed E-state index contributed by atoms with van der Waals surface area (Å²) < 4.78 is 5.37. The van der Waals surface area contributed by atoms with Gasteiger partial charge in [-0.25, -0.2) is 0 Å². The lowest BCUT2D eigenvalue weighted by Crippen LogP contribution is -2.34. The molecule has 1 aliphatic rings. The summed E-state index contributed by atoms with van der Waals surface area (Å²) in [7, 11) is 0. The summed E-state index contributed by atoms with van der Waals surface area (Å²) >= 11 is 0. The Labute approximate surface area is 135 Å². The molecule has 1 aliphatic heterocycles. The summed E-state index contributed by atoms with van der Waals surface area (Å²) in [5.74, 6) is 0.734. The lowest BCUT2D eigenvalue weighted by atomic mass is 9.94. The Bertz CT molecular complexity index is 642. The Kier molecular flexibility index (Phi) is 4.92. The van der Waals surface area contributed by atoms with E-state index < -0.39 is 5.91 Å². The smallest absolute Gasteiger partial charge is 0.255 e. The van der Waals surface area contributed by atoms with Crippen LogP contribution >= 0.6 is 0 Å². The molecule has 1 aromatic carbocycles. The third-order valence-electron chi connectivity index (χ3n) is 4.15. The number of rotatable bonds is 6. The molecule has 1 saturated heterocycles. The number of carbonyl (C=O) groups excluding carboxylic acids is 1. The third-order valence-corrected chi connectivity index (χ3v) is 4.15. The van der Waals surface area contributed by atoms with Crippen molar-refractivity contribution in [2.24, 2.45) is 5.73 Å². The molecule has 0 aliphatic carbocycles. The van der Waals surface area contributed by atoms with E-state index in [4.69, 9.17) is 10.5 Å². The molecule has 3 N–H and O–H groups in total. The number of likely N-dealkylation sites (tertiary alicyclic amines) is 1. The summed E-state index contributed by atoms with van der Waals surface area (Å²) in [4.78, 5) is 13.3. The van der Waals surface area contributed by atoms with E-state index in [1.54, 1.807) is 0 Å². The van der Waals surface area contributed by atoms with Gasteiger partial charge in [0.05, 0.1) is 0 Å². The molecule has 0 radical (unpaired) electrons. The summed E-state index contributed by atoms with van der Waals surface area (Å²) in [5.41, 5.74) is 7.50. The minimum absolute atomic E-state index is 0.0882. The Morgan fingerprint density at radius 1 is 1.43 bits per heavy atom. The molecule has 1 amide bonds. The van der Waals surface area contributed by atoms with Gasteiger partial charge in [0.15, 0.2) is 6.61 Å². The van der Waals surface area contributed by atoms with Crippen molar-refractivity contribution in [2.75, 3.05) is 19.7 Å². The van der Waals surface area contributed by atoms with E-state index in [2.05, 4.69) is 27.2 Å². The molecule has 23 heavy (non-hydrogen) atoms. The second-order valence-electron chi connectivity index (χ2n) is 5.99. The van der Waals surface area contributed by atoms with Crippen LogP contribution in [0, 0.1) is 0 Å². The second-order valence-corrected chi connectivity index (χ2v) is 5.99. The molecule has 3 rings (SSSR count). The number of nitrogens with one attached hydrogen (secondary N) is 1. The highest BCUT2D eigenvalue weighted by Crippen LogP contribution is 2.26. The van der Waals surface area contributed by atoms with Crippen LogP contribution in [0.3, 0.4) is 0 Å². The molecule has 122 valence electrons. The maximum absolute atomic E-state index is 10.8. The van der Waals surface area contributed by atoms with Crippen LogP contribution < -0.4 is 10.5 Å². The van der Waals surface area contributed by atoms with Crippen LogP contribution in [0.5, 0.6) is 5.75 Å². The van der Waals surface area contributed by atoms with Crippen molar-refractivity contribution >= 4 is 5.91 Å². The second kappa shape index (κ2) is 7.28. The third kappa shape index (κ3) is 4.32. The van der Waals surface area contributed by atoms with Gasteiger partial charge in [-0.15, -0.1) is 0 Å². The molecule has 0 bridgehead atoms. The summed E-state index contributed by atoms with van der Waals surface area (Å²) in [5, 5.41) is 7.14. The quantitative estimate of drug-likeness (QED) is 0.849. The molecule has 1 atom stereocenters. The maximum atomic E-state index is 10.8. The van der Waals surface area contributed by atoms with E-state index in [9.17, 15) is 4.79 Å². The van der Waals surface area contributed by atoms with Crippen molar-refractivity contribution in [1.82, 2.24) is 15.1 Å². The fraction of sp³-hybridized carbons (Fsp3) is 0.412. The van der Waals surface area contributed by atoms with Crippen LogP contribution in [0.2, 0.25) is 0 Å². The van der Waals surface area contributed by atoms with Gasteiger partial charge < -0.3 is 10.5 Å². The SMILES string of the molecule is NC(=O)COc1cccc(CN2CCC[C@H](c3ccn[nH]3)C2)c1. The minimum Gasteiger partial charge on any atom is -0.484 e. The number of hydrogen-bond donors (Lipinski definition) is 2. The van der Waals surface area contributed by atoms with Crippen molar-refractivity contribution in [3.8, 4) is 5.75 Å². The Hall–Kier alpha value is -2.34. The topological polar surface area (TPSA) is 84.2 Å². The Balaban J connectivity index is 1.60. The number of nitrogens with two attached hydrogens (primary N) is 1. The van der Waals surface area contributed by atoms with E-state index >= 15 is 0 Å². The first-order valence-electron chi connectivity index (χ1n) is 7.92. The number of primary amides is 1. The number of carbonyl (C=O) groups is 1. The van der Waals surface area contributed by atoms with E-state index in [-0.39, 0.29) is 6.61 Å². The molecule has 0 spiro atoms. The molecule has 0 unspecified atom stereocenters. The number of aromatic amines is 1. The number of hydrogen-bond acceptors (Lipinski definition) is 4. The molecular formula is C17H22N4O2. The number of nitrogens with zero attached hydrogens (tertiary/aromatic N) is 2. The fourth-order valence-electron chi connectivity index (χ4n) is 3.09. The average Bonchev–Trinajstić information content (AvgIpc) is 3.08. The first kappa shape index (κ1) is 15.6. The van der Waals surface area contributed by atoms with Crippen molar-refractivity contribution in [3.05, 3.63) is 47.8 Å². The number of benzene rings is 1. The van der Waals surface area contributed by atoms with Gasteiger partial charge in [-0.2, -0.15) is 5.10 Å². The van der Waals surface area contributed by atoms with E-state index in [0.29, 0.717) is 11.7 Å². The van der Waals surface area contributed by atoms with Crippen LogP contribution in [-0.2, 0) is 11.3 Å². The standard InChI is InChI=1S/C17H22N4O2/c18-17(22)12-23-15-5-1-3-13(9-15)10-21-8-2-4-14(11-21)16-6-7-19-20-16/h1,3,5-7,9,14H,2,4,8,10-12H2,(H2,18,22)(H,19,20)/t14-/m0/s1. The zero-order valence-corrected chi connectivity index (χ0v) is 13.1. The highest BCUT2D eigenvalue weighted by Gasteiger charge is 2.22. The number of aromatic nitrogens is 2. The average molecular weight is 314 g/mol. The maximum Gasteiger partial charge on any atom is 0.255 e. The highest BCUT2D eigenvalue weighted by atomic mass is 16.5. The van der Waals surface area contributed by atoms with Crippen molar-refractivity contribution in [2.45, 2.75) is 25.3 Å². The number of amides is 1. The molecule has 6 heteroatoms. The Morgan fingerprint density at radius 2 is 2.35 bits per heavy atom. The lowest BCUT2D eigenvalue weighted by Gasteiger charge is -2.32. The number of piperidine rings is 1. The van der Waals surface area contributed by atoms with Gasteiger partial charge in [0, 0.05) is 30.9 Å². The van der Waals surface area contributed by atoms with Crippen molar-refractivity contribution in [3.63, 3.8) is 0 Å². The Morgan fingerprint density at radius 3 is 3.13 bits per heavy atom. The first-order chi connectivity index (χ1) is 11.2. The van der Waals surface area contributed by atoms with Gasteiger partial charge in [-0.1, -0.05) is 12.1 Å². The minimum atomic E-state index is -0.464. The summed E-state index contributed by atoms with van der Waals surface area (Å²) in [6.45, 7) is 2.90. The molecular weight excluding hydrogens is 292 g/mol. The predicted molar refractivity (Wildman–Crippen MR) is 87.0 cm³/mol. The van der Waals surface area contributed by atoms with Crippen LogP contribution in [-0.4, -0.2) is 40.7 Å². The number of ether oxygens (including phenoxy) is 1. The van der Waals surface area contributed by atoms with E-state index in [1.165, 1.54) is 24.1 Å². The van der Waals surface area contributed by atoms with E-state index in [1.807, 2.05) is 24.4 Å². The fourth-order valence-corrected chi connectivity index (χ4v) is 3.09. The van der Waals surface area contributed by atoms with Crippen molar-refractivity contribution < 1.29 is 9.53 Å². The van der Waals surface area contributed by atoms with Gasteiger partial charge in [-0.05, 0) is 43.1 Å². The molecule has 0 saturated carbocycles. The van der Waals surface area contributed by atoms with Gasteiger partial charge in [0.25, 0.3) is 5.91 Å². The van der Waals surface area contributed by atoms with Crippen molar-refractivity contribution in [1.29, 1.82) is 0 Å². The lowest BCUT2D eigenvalue weighted by molar-refractivity contribution is -0.119. The summed E-state index contributed by atoms with van der Waals surface area (Å²) in [6, 6.07) is 9.91. The molecule has 2 heterocycles. The van der Waals surface area contributed by atoms with E-state index in [0.717, 1.165) is 19.6 Å². The van der Waals surface area contributed by atoms with Gasteiger partial charge in [-0.3, -0.25) is 14.8 Å². The van der Waals surface area contributed by atoms with Crippen LogP contribution in [0.15, 0.2) is 36.5 Å². The number of H-pyrrole nitrogens is 1. The largest absolute Gasteiger partial charge is 0.484 e. The molecule has 6 nitrogen and oxygen atoms in total. The molecule has 1 aromatic heterocycles. The van der Waals surface area contributed by atoms with Crippen LogP contribution in [0.25, 0.3) is 0 Å². The summed E-state index contributed by atoms with van der Waals surface area (Å²) in [6.07, 6.45) is 4.19. The molecule has 1 fully saturated rings. The zero-order valence-electron chi connectivity index (χ0n) is 13.1. The van der Waals surface area contributed by atoms with Crippen LogP contribution in [0.4, 0.5) is 0 Å². The normalized spacial score (nSPS) is 18.7. The van der Waals surface area contributed by atoms with Gasteiger partial charge >= 0.3 is 0 Å². The van der Waals surface area contributed by atoms with Crippen LogP contribution in [0.1, 0.15) is 30.0 Å². The highest BCUT2D eigenvalue weighted by molar-refractivity contribution is 5.75. The predicted octanol–water partition coefficient (Wildman–Crippen LogP) is 1.65.